The van der Waals surface area contributed by atoms with Crippen LogP contribution < -0.4 is 9.64 Å². The molecule has 0 N–H and O–H groups in total. The van der Waals surface area contributed by atoms with Crippen molar-refractivity contribution in [2.75, 3.05) is 11.4 Å². The molecule has 1 aliphatic heterocycles. The third-order valence-electron chi connectivity index (χ3n) is 3.49. The number of hydrogen-bond acceptors (Lipinski definition) is 3. The molecule has 1 aromatic carbocycles. The Labute approximate surface area is 115 Å². The highest BCUT2D eigenvalue weighted by atomic mass is 16.5. The van der Waals surface area contributed by atoms with E-state index in [2.05, 4.69) is 17.0 Å². The summed E-state index contributed by atoms with van der Waals surface area (Å²) in [7, 11) is 0. The van der Waals surface area contributed by atoms with Gasteiger partial charge in [-0.15, -0.1) is 0 Å². The highest BCUT2D eigenvalue weighted by Gasteiger charge is 2.24. The normalized spacial score (nSPS) is 19.3. The Morgan fingerprint density at radius 2 is 2.16 bits per heavy atom. The molecule has 1 aliphatic rings. The van der Waals surface area contributed by atoms with Crippen LogP contribution in [0.2, 0.25) is 0 Å². The zero-order valence-corrected chi connectivity index (χ0v) is 11.8. The average molecular weight is 258 g/mol. The first-order valence-corrected chi connectivity index (χ1v) is 7.11. The van der Waals surface area contributed by atoms with E-state index < -0.39 is 0 Å². The number of piperidine rings is 1. The summed E-state index contributed by atoms with van der Waals surface area (Å²) in [6.07, 6.45) is 4.27. The molecular weight excluding hydrogens is 236 g/mol. The van der Waals surface area contributed by atoms with Crippen LogP contribution in [0, 0.1) is 11.3 Å². The number of nitrogens with zero attached hydrogens (tertiary/aromatic N) is 2. The van der Waals surface area contributed by atoms with Crippen molar-refractivity contribution in [2.24, 2.45) is 0 Å². The molecule has 0 amide bonds. The molecule has 0 aliphatic carbocycles. The van der Waals surface area contributed by atoms with E-state index in [0.717, 1.165) is 24.4 Å². The fourth-order valence-corrected chi connectivity index (χ4v) is 2.68. The molecule has 1 unspecified atom stereocenters. The minimum atomic E-state index is 0.167. The smallest absolute Gasteiger partial charge is 0.142 e. The number of rotatable bonds is 4. The Bertz CT molecular complexity index is 450. The van der Waals surface area contributed by atoms with Gasteiger partial charge in [-0.1, -0.05) is 12.1 Å². The Balaban J connectivity index is 2.25. The molecule has 3 nitrogen and oxygen atoms in total. The molecule has 0 aromatic heterocycles. The van der Waals surface area contributed by atoms with Crippen molar-refractivity contribution < 1.29 is 4.74 Å². The predicted molar refractivity (Wildman–Crippen MR) is 77.4 cm³/mol. The maximum Gasteiger partial charge on any atom is 0.142 e. The van der Waals surface area contributed by atoms with Crippen LogP contribution in [0.1, 0.15) is 39.5 Å². The third-order valence-corrected chi connectivity index (χ3v) is 3.49. The fourth-order valence-electron chi connectivity index (χ4n) is 2.68. The average Bonchev–Trinajstić information content (AvgIpc) is 2.40. The summed E-state index contributed by atoms with van der Waals surface area (Å²) in [5.41, 5.74) is 1.14. The molecule has 0 spiro atoms. The number of ether oxygens (including phenoxy) is 1. The van der Waals surface area contributed by atoms with Crippen LogP contribution >= 0.6 is 0 Å². The number of benzene rings is 1. The summed E-state index contributed by atoms with van der Waals surface area (Å²) in [6, 6.07) is 10.8. The van der Waals surface area contributed by atoms with Crippen LogP contribution in [-0.2, 0) is 0 Å². The Kier molecular flexibility index (Phi) is 4.68. The predicted octanol–water partition coefficient (Wildman–Crippen LogP) is 3.75. The van der Waals surface area contributed by atoms with Crippen LogP contribution in [0.25, 0.3) is 0 Å². The molecule has 1 saturated heterocycles. The second-order valence-electron chi connectivity index (χ2n) is 5.34. The van der Waals surface area contributed by atoms with Gasteiger partial charge in [0.05, 0.1) is 24.3 Å². The lowest BCUT2D eigenvalue weighted by Gasteiger charge is -2.37. The number of para-hydroxylation sites is 2. The van der Waals surface area contributed by atoms with Crippen molar-refractivity contribution in [1.82, 2.24) is 0 Å². The maximum atomic E-state index is 8.99. The second-order valence-corrected chi connectivity index (χ2v) is 5.34. The van der Waals surface area contributed by atoms with Gasteiger partial charge in [-0.05, 0) is 45.2 Å². The van der Waals surface area contributed by atoms with Gasteiger partial charge in [0.2, 0.25) is 0 Å². The molecule has 0 saturated carbocycles. The first kappa shape index (κ1) is 13.7. The van der Waals surface area contributed by atoms with Crippen molar-refractivity contribution in [1.29, 1.82) is 5.26 Å². The van der Waals surface area contributed by atoms with E-state index in [-0.39, 0.29) is 6.10 Å². The van der Waals surface area contributed by atoms with Gasteiger partial charge in [-0.25, -0.2) is 0 Å². The second kappa shape index (κ2) is 6.47. The van der Waals surface area contributed by atoms with E-state index in [4.69, 9.17) is 10.00 Å². The summed E-state index contributed by atoms with van der Waals surface area (Å²) in [5.74, 6) is 0.933. The van der Waals surface area contributed by atoms with Gasteiger partial charge in [-0.2, -0.15) is 5.26 Å². The van der Waals surface area contributed by atoms with E-state index in [1.807, 2.05) is 32.0 Å². The summed E-state index contributed by atoms with van der Waals surface area (Å²) >= 11 is 0. The summed E-state index contributed by atoms with van der Waals surface area (Å²) in [4.78, 5) is 2.35. The van der Waals surface area contributed by atoms with Crippen molar-refractivity contribution in [2.45, 2.75) is 51.7 Å². The van der Waals surface area contributed by atoms with Crippen molar-refractivity contribution in [3.05, 3.63) is 24.3 Å². The van der Waals surface area contributed by atoms with Gasteiger partial charge in [0, 0.05) is 12.6 Å². The molecule has 102 valence electrons. The van der Waals surface area contributed by atoms with E-state index in [1.165, 1.54) is 12.8 Å². The van der Waals surface area contributed by atoms with Gasteiger partial charge >= 0.3 is 0 Å². The topological polar surface area (TPSA) is 36.3 Å². The van der Waals surface area contributed by atoms with Crippen LogP contribution in [0.15, 0.2) is 24.3 Å². The van der Waals surface area contributed by atoms with E-state index >= 15 is 0 Å². The highest BCUT2D eigenvalue weighted by molar-refractivity contribution is 5.59. The Morgan fingerprint density at radius 1 is 1.37 bits per heavy atom. The number of hydrogen-bond donors (Lipinski definition) is 0. The van der Waals surface area contributed by atoms with Gasteiger partial charge in [0.25, 0.3) is 0 Å². The van der Waals surface area contributed by atoms with E-state index in [9.17, 15) is 0 Å². The van der Waals surface area contributed by atoms with Gasteiger partial charge in [0.1, 0.15) is 5.75 Å². The number of nitriles is 1. The van der Waals surface area contributed by atoms with Crippen molar-refractivity contribution >= 4 is 5.69 Å². The maximum absolute atomic E-state index is 8.99. The fraction of sp³-hybridized carbons (Fsp3) is 0.562. The zero-order valence-electron chi connectivity index (χ0n) is 11.8. The minimum Gasteiger partial charge on any atom is -0.489 e. The SMILES string of the molecule is CC(C)Oc1ccccc1N1CCCCC1CC#N. The lowest BCUT2D eigenvalue weighted by atomic mass is 9.99. The first-order valence-electron chi connectivity index (χ1n) is 7.11. The summed E-state index contributed by atoms with van der Waals surface area (Å²) < 4.78 is 5.90. The van der Waals surface area contributed by atoms with Crippen LogP contribution in [0.5, 0.6) is 5.75 Å². The lowest BCUT2D eigenvalue weighted by Crippen LogP contribution is -2.39. The van der Waals surface area contributed by atoms with Gasteiger partial charge < -0.3 is 9.64 Å². The monoisotopic (exact) mass is 258 g/mol. The standard InChI is InChI=1S/C16H22N2O/c1-13(2)19-16-9-4-3-8-15(16)18-12-6-5-7-14(18)10-11-17/h3-4,8-9,13-14H,5-7,10,12H2,1-2H3. The number of anilines is 1. The van der Waals surface area contributed by atoms with E-state index in [0.29, 0.717) is 12.5 Å². The molecule has 1 atom stereocenters. The minimum absolute atomic E-state index is 0.167. The molecule has 2 rings (SSSR count). The van der Waals surface area contributed by atoms with Gasteiger partial charge in [0.15, 0.2) is 0 Å². The molecule has 19 heavy (non-hydrogen) atoms. The molecule has 1 heterocycles. The van der Waals surface area contributed by atoms with Gasteiger partial charge in [-0.3, -0.25) is 0 Å². The van der Waals surface area contributed by atoms with Crippen LogP contribution in [0.4, 0.5) is 5.69 Å². The summed E-state index contributed by atoms with van der Waals surface area (Å²) in [5, 5.41) is 8.99. The Hall–Kier alpha value is -1.69. The zero-order chi connectivity index (χ0) is 13.7. The first-order chi connectivity index (χ1) is 9.22. The lowest BCUT2D eigenvalue weighted by molar-refractivity contribution is 0.242. The highest BCUT2D eigenvalue weighted by Crippen LogP contribution is 2.34. The van der Waals surface area contributed by atoms with Crippen LogP contribution in [-0.4, -0.2) is 18.7 Å². The molecule has 1 fully saturated rings. The van der Waals surface area contributed by atoms with Crippen LogP contribution in [0.3, 0.4) is 0 Å². The molecule has 0 radical (unpaired) electrons. The molecule has 0 bridgehead atoms. The third kappa shape index (κ3) is 3.41. The molecule has 1 aromatic rings. The van der Waals surface area contributed by atoms with Crippen molar-refractivity contribution in [3.8, 4) is 11.8 Å². The molecular formula is C16H22N2O. The quantitative estimate of drug-likeness (QED) is 0.825. The van der Waals surface area contributed by atoms with Crippen molar-refractivity contribution in [3.63, 3.8) is 0 Å². The molecule has 3 heteroatoms. The van der Waals surface area contributed by atoms with E-state index in [1.54, 1.807) is 0 Å². The Morgan fingerprint density at radius 3 is 2.89 bits per heavy atom. The largest absolute Gasteiger partial charge is 0.489 e. The summed E-state index contributed by atoms with van der Waals surface area (Å²) in [6.45, 7) is 5.10.